The molecule has 196 valence electrons. The molecule has 2 aliphatic rings. The number of amides is 2. The number of carbonyl (C=O) groups excluding carboxylic acids is 2. The fourth-order valence-corrected chi connectivity index (χ4v) is 5.18. The number of rotatable bonds is 8. The Bertz CT molecular complexity index is 1060. The number of hydrogen-bond donors (Lipinski definition) is 0. The van der Waals surface area contributed by atoms with Crippen LogP contribution in [0.3, 0.4) is 0 Å². The van der Waals surface area contributed by atoms with Gasteiger partial charge in [0.2, 0.25) is 5.91 Å². The topological polar surface area (TPSA) is 76.9 Å². The monoisotopic (exact) mass is 516 g/mol. The zero-order valence-electron chi connectivity index (χ0n) is 21.5. The van der Waals surface area contributed by atoms with Gasteiger partial charge in [0.15, 0.2) is 0 Å². The van der Waals surface area contributed by atoms with E-state index in [2.05, 4.69) is 18.9 Å². The maximum atomic E-state index is 13.3. The molecule has 4 rings (SSSR count). The number of benzene rings is 1. The number of ether oxygens (including phenoxy) is 2. The molecule has 1 aromatic carbocycles. The normalized spacial score (nSPS) is 17.9. The molecule has 2 saturated heterocycles. The van der Waals surface area contributed by atoms with Crippen LogP contribution in [0.2, 0.25) is 5.02 Å². The second-order valence-corrected chi connectivity index (χ2v) is 10.9. The summed E-state index contributed by atoms with van der Waals surface area (Å²) >= 11 is 6.14. The first-order valence-electron chi connectivity index (χ1n) is 12.8. The molecule has 1 aromatic heterocycles. The predicted molar refractivity (Wildman–Crippen MR) is 138 cm³/mol. The smallest absolute Gasteiger partial charge is 0.272 e. The molecule has 0 atom stereocenters. The molecule has 2 amide bonds. The third-order valence-electron chi connectivity index (χ3n) is 7.11. The standard InChI is InChI=1S/C27H37ClN4O4/c1-20(2)15-22-17-24(30(3)29-22)26(34)32-9-7-27(8-10-32,18-25(33)31-11-13-35-14-12-31)19-36-23-6-4-5-21(28)16-23/h4-6,16-17,20H,7-15,18-19H2,1-3H3. The van der Waals surface area contributed by atoms with Crippen molar-refractivity contribution in [1.82, 2.24) is 19.6 Å². The van der Waals surface area contributed by atoms with Crippen LogP contribution in [0.4, 0.5) is 0 Å². The zero-order valence-corrected chi connectivity index (χ0v) is 22.3. The highest BCUT2D eigenvalue weighted by Gasteiger charge is 2.40. The highest BCUT2D eigenvalue weighted by molar-refractivity contribution is 6.30. The quantitative estimate of drug-likeness (QED) is 0.533. The molecule has 0 radical (unpaired) electrons. The number of hydrogen-bond acceptors (Lipinski definition) is 5. The fourth-order valence-electron chi connectivity index (χ4n) is 5.00. The lowest BCUT2D eigenvalue weighted by molar-refractivity contribution is -0.139. The molecule has 0 aliphatic carbocycles. The van der Waals surface area contributed by atoms with E-state index in [0.29, 0.717) is 87.6 Å². The Morgan fingerprint density at radius 2 is 1.83 bits per heavy atom. The lowest BCUT2D eigenvalue weighted by atomic mass is 9.75. The number of nitrogens with zero attached hydrogens (tertiary/aromatic N) is 4. The van der Waals surface area contributed by atoms with Gasteiger partial charge in [-0.2, -0.15) is 5.10 Å². The molecule has 0 bridgehead atoms. The van der Waals surface area contributed by atoms with Crippen molar-refractivity contribution in [2.45, 2.75) is 39.5 Å². The second kappa shape index (κ2) is 11.6. The van der Waals surface area contributed by atoms with E-state index in [9.17, 15) is 9.59 Å². The average Bonchev–Trinajstić information content (AvgIpc) is 3.22. The molecule has 0 saturated carbocycles. The van der Waals surface area contributed by atoms with Crippen LogP contribution >= 0.6 is 11.6 Å². The van der Waals surface area contributed by atoms with E-state index >= 15 is 0 Å². The van der Waals surface area contributed by atoms with Crippen LogP contribution in [-0.4, -0.2) is 77.4 Å². The van der Waals surface area contributed by atoms with Crippen LogP contribution in [0.5, 0.6) is 5.75 Å². The fraction of sp³-hybridized carbons (Fsp3) is 0.593. The lowest BCUT2D eigenvalue weighted by Crippen LogP contribution is -2.49. The molecule has 3 heterocycles. The molecule has 36 heavy (non-hydrogen) atoms. The van der Waals surface area contributed by atoms with Crippen molar-refractivity contribution < 1.29 is 19.1 Å². The summed E-state index contributed by atoms with van der Waals surface area (Å²) in [6.45, 7) is 8.20. The van der Waals surface area contributed by atoms with Crippen LogP contribution in [-0.2, 0) is 23.0 Å². The van der Waals surface area contributed by atoms with Gasteiger partial charge < -0.3 is 19.3 Å². The summed E-state index contributed by atoms with van der Waals surface area (Å²) in [5.74, 6) is 1.27. The molecular formula is C27H37ClN4O4. The first-order valence-corrected chi connectivity index (χ1v) is 13.2. The highest BCUT2D eigenvalue weighted by atomic mass is 35.5. The van der Waals surface area contributed by atoms with Crippen molar-refractivity contribution in [3.05, 3.63) is 46.7 Å². The van der Waals surface area contributed by atoms with E-state index in [1.54, 1.807) is 16.8 Å². The van der Waals surface area contributed by atoms with E-state index in [0.717, 1.165) is 12.1 Å². The Hall–Kier alpha value is -2.58. The lowest BCUT2D eigenvalue weighted by Gasteiger charge is -2.42. The SMILES string of the molecule is CC(C)Cc1cc(C(=O)N2CCC(COc3cccc(Cl)c3)(CC(=O)N3CCOCC3)CC2)n(C)n1. The summed E-state index contributed by atoms with van der Waals surface area (Å²) in [6.07, 6.45) is 2.60. The van der Waals surface area contributed by atoms with Crippen LogP contribution in [0, 0.1) is 11.3 Å². The number of likely N-dealkylation sites (tertiary alicyclic amines) is 1. The van der Waals surface area contributed by atoms with Gasteiger partial charge in [0.25, 0.3) is 5.91 Å². The summed E-state index contributed by atoms with van der Waals surface area (Å²) in [7, 11) is 1.82. The van der Waals surface area contributed by atoms with Crippen LogP contribution in [0.1, 0.15) is 49.3 Å². The van der Waals surface area contributed by atoms with Gasteiger partial charge >= 0.3 is 0 Å². The maximum absolute atomic E-state index is 13.3. The number of halogens is 1. The van der Waals surface area contributed by atoms with E-state index < -0.39 is 0 Å². The van der Waals surface area contributed by atoms with Crippen LogP contribution in [0.15, 0.2) is 30.3 Å². The van der Waals surface area contributed by atoms with Gasteiger partial charge in [0.05, 0.1) is 25.5 Å². The molecule has 8 nitrogen and oxygen atoms in total. The Morgan fingerprint density at radius 1 is 1.11 bits per heavy atom. The largest absolute Gasteiger partial charge is 0.493 e. The Kier molecular flexibility index (Phi) is 8.57. The van der Waals surface area contributed by atoms with Gasteiger partial charge in [0, 0.05) is 50.1 Å². The van der Waals surface area contributed by atoms with Gasteiger partial charge in [-0.25, -0.2) is 0 Å². The Morgan fingerprint density at radius 3 is 2.50 bits per heavy atom. The third kappa shape index (κ3) is 6.59. The molecule has 9 heteroatoms. The van der Waals surface area contributed by atoms with Gasteiger partial charge in [-0.3, -0.25) is 14.3 Å². The van der Waals surface area contributed by atoms with Gasteiger partial charge in [0.1, 0.15) is 11.4 Å². The number of carbonyl (C=O) groups is 2. The Labute approximate surface area is 218 Å². The minimum absolute atomic E-state index is 0.0103. The minimum atomic E-state index is -0.357. The zero-order chi connectivity index (χ0) is 25.7. The van der Waals surface area contributed by atoms with Crippen molar-refractivity contribution in [3.63, 3.8) is 0 Å². The first kappa shape index (κ1) is 26.5. The van der Waals surface area contributed by atoms with Gasteiger partial charge in [-0.15, -0.1) is 0 Å². The van der Waals surface area contributed by atoms with Crippen molar-refractivity contribution in [2.24, 2.45) is 18.4 Å². The van der Waals surface area contributed by atoms with Crippen molar-refractivity contribution in [3.8, 4) is 5.75 Å². The van der Waals surface area contributed by atoms with Crippen molar-refractivity contribution in [2.75, 3.05) is 46.0 Å². The van der Waals surface area contributed by atoms with E-state index in [1.165, 1.54) is 0 Å². The average molecular weight is 517 g/mol. The number of aryl methyl sites for hydroxylation is 1. The van der Waals surface area contributed by atoms with Crippen LogP contribution < -0.4 is 4.74 Å². The number of piperidine rings is 1. The number of aromatic nitrogens is 2. The van der Waals surface area contributed by atoms with Gasteiger partial charge in [-0.05, 0) is 49.4 Å². The molecule has 0 spiro atoms. The van der Waals surface area contributed by atoms with Crippen LogP contribution in [0.25, 0.3) is 0 Å². The van der Waals surface area contributed by atoms with Crippen molar-refractivity contribution >= 4 is 23.4 Å². The molecule has 0 unspecified atom stereocenters. The molecular weight excluding hydrogens is 480 g/mol. The summed E-state index contributed by atoms with van der Waals surface area (Å²) in [6, 6.07) is 9.23. The molecule has 2 aromatic rings. The second-order valence-electron chi connectivity index (χ2n) is 10.5. The van der Waals surface area contributed by atoms with E-state index in [-0.39, 0.29) is 17.2 Å². The Balaban J connectivity index is 1.45. The molecule has 2 fully saturated rings. The molecule has 0 N–H and O–H groups in total. The highest BCUT2D eigenvalue weighted by Crippen LogP contribution is 2.37. The summed E-state index contributed by atoms with van der Waals surface area (Å²) in [5.41, 5.74) is 1.19. The van der Waals surface area contributed by atoms with E-state index in [4.69, 9.17) is 21.1 Å². The van der Waals surface area contributed by atoms with Crippen molar-refractivity contribution in [1.29, 1.82) is 0 Å². The summed E-state index contributed by atoms with van der Waals surface area (Å²) in [4.78, 5) is 30.3. The number of morpholine rings is 1. The minimum Gasteiger partial charge on any atom is -0.493 e. The van der Waals surface area contributed by atoms with Gasteiger partial charge in [-0.1, -0.05) is 31.5 Å². The third-order valence-corrected chi connectivity index (χ3v) is 7.34. The summed E-state index contributed by atoms with van der Waals surface area (Å²) in [5, 5.41) is 5.15. The first-order chi connectivity index (χ1) is 17.2. The van der Waals surface area contributed by atoms with E-state index in [1.807, 2.05) is 35.0 Å². The molecule has 2 aliphatic heterocycles. The maximum Gasteiger partial charge on any atom is 0.272 e. The predicted octanol–water partition coefficient (Wildman–Crippen LogP) is 3.82. The summed E-state index contributed by atoms with van der Waals surface area (Å²) < 4.78 is 13.3.